The second-order valence-electron chi connectivity index (χ2n) is 4.33. The van der Waals surface area contributed by atoms with E-state index in [1.807, 2.05) is 43.6 Å². The van der Waals surface area contributed by atoms with Gasteiger partial charge in [0, 0.05) is 23.8 Å². The van der Waals surface area contributed by atoms with Crippen LogP contribution in [0.4, 0.5) is 5.82 Å². The number of hydrogen-bond donors (Lipinski definition) is 0. The molecule has 3 rings (SSSR count). The van der Waals surface area contributed by atoms with Crippen LogP contribution in [0.1, 0.15) is 0 Å². The van der Waals surface area contributed by atoms with Crippen LogP contribution in [0.5, 0.6) is 5.75 Å². The third-order valence-corrected chi connectivity index (χ3v) is 3.27. The molecule has 3 nitrogen and oxygen atoms in total. The number of halogens is 1. The molecule has 0 fully saturated rings. The molecule has 0 bridgehead atoms. The Balaban J connectivity index is 2.04. The average molecular weight is 261 g/mol. The average Bonchev–Trinajstić information content (AvgIpc) is 2.39. The van der Waals surface area contributed by atoms with Gasteiger partial charge in [-0.1, -0.05) is 23.7 Å². The first-order chi connectivity index (χ1) is 8.74. The Hall–Kier alpha value is -1.74. The Morgan fingerprint density at radius 1 is 1.28 bits per heavy atom. The highest BCUT2D eigenvalue weighted by Crippen LogP contribution is 2.33. The van der Waals surface area contributed by atoms with Crippen LogP contribution in [-0.4, -0.2) is 25.2 Å². The molecule has 0 unspecified atom stereocenters. The Labute approximate surface area is 111 Å². The van der Waals surface area contributed by atoms with Crippen LogP contribution < -0.4 is 9.64 Å². The normalized spacial score (nSPS) is 14.0. The monoisotopic (exact) mass is 260 g/mol. The molecule has 2 heterocycles. The van der Waals surface area contributed by atoms with Gasteiger partial charge in [-0.05, 0) is 23.8 Å². The zero-order valence-electron chi connectivity index (χ0n) is 10.1. The van der Waals surface area contributed by atoms with Gasteiger partial charge in [-0.3, -0.25) is 0 Å². The summed E-state index contributed by atoms with van der Waals surface area (Å²) in [4.78, 5) is 6.56. The van der Waals surface area contributed by atoms with Gasteiger partial charge in [-0.25, -0.2) is 4.98 Å². The van der Waals surface area contributed by atoms with Gasteiger partial charge < -0.3 is 9.64 Å². The molecule has 1 aromatic heterocycles. The predicted octanol–water partition coefficient (Wildman–Crippen LogP) is 3.23. The van der Waals surface area contributed by atoms with Crippen LogP contribution in [0.15, 0.2) is 36.5 Å². The van der Waals surface area contributed by atoms with Crippen LogP contribution in [-0.2, 0) is 0 Å². The van der Waals surface area contributed by atoms with Crippen molar-refractivity contribution >= 4 is 17.4 Å². The molecule has 0 N–H and O–H groups in total. The van der Waals surface area contributed by atoms with Crippen molar-refractivity contribution in [2.45, 2.75) is 0 Å². The number of hydrogen-bond acceptors (Lipinski definition) is 3. The lowest BCUT2D eigenvalue weighted by atomic mass is 10.1. The van der Waals surface area contributed by atoms with Crippen LogP contribution in [0.3, 0.4) is 0 Å². The van der Waals surface area contributed by atoms with Gasteiger partial charge in [0.05, 0.1) is 6.54 Å². The number of pyridine rings is 1. The van der Waals surface area contributed by atoms with E-state index in [1.165, 1.54) is 0 Å². The third-order valence-electron chi connectivity index (χ3n) is 3.04. The molecular formula is C14H13ClN2O. The number of fused-ring (bicyclic) bond motifs is 1. The SMILES string of the molecule is CN1CCOc2cc(-c3cccc(Cl)c3)cnc21. The third kappa shape index (κ3) is 2.02. The van der Waals surface area contributed by atoms with Gasteiger partial charge >= 0.3 is 0 Å². The van der Waals surface area contributed by atoms with Crippen molar-refractivity contribution in [1.29, 1.82) is 0 Å². The van der Waals surface area contributed by atoms with E-state index >= 15 is 0 Å². The fraction of sp³-hybridized carbons (Fsp3) is 0.214. The lowest BCUT2D eigenvalue weighted by molar-refractivity contribution is 0.309. The Morgan fingerprint density at radius 3 is 3.00 bits per heavy atom. The topological polar surface area (TPSA) is 25.4 Å². The van der Waals surface area contributed by atoms with Gasteiger partial charge in [0.25, 0.3) is 0 Å². The van der Waals surface area contributed by atoms with Crippen molar-refractivity contribution in [2.24, 2.45) is 0 Å². The number of aromatic nitrogens is 1. The quantitative estimate of drug-likeness (QED) is 0.787. The van der Waals surface area contributed by atoms with E-state index in [2.05, 4.69) is 9.88 Å². The first-order valence-electron chi connectivity index (χ1n) is 5.84. The second kappa shape index (κ2) is 4.50. The molecule has 18 heavy (non-hydrogen) atoms. The smallest absolute Gasteiger partial charge is 0.171 e. The largest absolute Gasteiger partial charge is 0.488 e. The van der Waals surface area contributed by atoms with Crippen molar-refractivity contribution in [3.05, 3.63) is 41.6 Å². The van der Waals surface area contributed by atoms with E-state index in [-0.39, 0.29) is 0 Å². The van der Waals surface area contributed by atoms with E-state index in [4.69, 9.17) is 16.3 Å². The molecule has 4 heteroatoms. The van der Waals surface area contributed by atoms with Crippen LogP contribution in [0, 0.1) is 0 Å². The number of nitrogens with zero attached hydrogens (tertiary/aromatic N) is 2. The summed E-state index contributed by atoms with van der Waals surface area (Å²) in [7, 11) is 2.02. The predicted molar refractivity (Wildman–Crippen MR) is 73.4 cm³/mol. The summed E-state index contributed by atoms with van der Waals surface area (Å²) < 4.78 is 5.65. The highest BCUT2D eigenvalue weighted by Gasteiger charge is 2.16. The lowest BCUT2D eigenvalue weighted by Gasteiger charge is -2.26. The van der Waals surface area contributed by atoms with E-state index in [0.717, 1.165) is 34.3 Å². The van der Waals surface area contributed by atoms with Gasteiger partial charge in [0.1, 0.15) is 6.61 Å². The summed E-state index contributed by atoms with van der Waals surface area (Å²) in [6, 6.07) is 9.76. The summed E-state index contributed by atoms with van der Waals surface area (Å²) in [5.74, 6) is 1.73. The van der Waals surface area contributed by atoms with Gasteiger partial charge in [0.2, 0.25) is 0 Å². The highest BCUT2D eigenvalue weighted by molar-refractivity contribution is 6.30. The lowest BCUT2D eigenvalue weighted by Crippen LogP contribution is -2.29. The zero-order chi connectivity index (χ0) is 12.5. The molecule has 1 aliphatic heterocycles. The first-order valence-corrected chi connectivity index (χ1v) is 6.22. The first kappa shape index (κ1) is 11.4. The maximum absolute atomic E-state index is 6.00. The fourth-order valence-electron chi connectivity index (χ4n) is 2.05. The molecule has 1 aromatic carbocycles. The minimum atomic E-state index is 0.699. The van der Waals surface area contributed by atoms with E-state index in [1.54, 1.807) is 0 Å². The molecule has 0 radical (unpaired) electrons. The summed E-state index contributed by atoms with van der Waals surface area (Å²) >= 11 is 6.00. The van der Waals surface area contributed by atoms with E-state index < -0.39 is 0 Å². The molecule has 92 valence electrons. The molecule has 0 aliphatic carbocycles. The Bertz CT molecular complexity index is 586. The van der Waals surface area contributed by atoms with E-state index in [9.17, 15) is 0 Å². The molecule has 1 aliphatic rings. The standard InChI is InChI=1S/C14H13ClN2O/c1-17-5-6-18-13-8-11(9-16-14(13)17)10-3-2-4-12(15)7-10/h2-4,7-9H,5-6H2,1H3. The van der Waals surface area contributed by atoms with Crippen LogP contribution in [0.25, 0.3) is 11.1 Å². The maximum Gasteiger partial charge on any atom is 0.171 e. The molecular weight excluding hydrogens is 248 g/mol. The van der Waals surface area contributed by atoms with E-state index in [0.29, 0.717) is 6.61 Å². The molecule has 0 saturated carbocycles. The fourth-order valence-corrected chi connectivity index (χ4v) is 2.24. The minimum Gasteiger partial charge on any atom is -0.488 e. The summed E-state index contributed by atoms with van der Waals surface area (Å²) in [6.07, 6.45) is 1.86. The van der Waals surface area contributed by atoms with Crippen LogP contribution >= 0.6 is 11.6 Å². The molecule has 0 spiro atoms. The number of benzene rings is 1. The molecule has 0 amide bonds. The second-order valence-corrected chi connectivity index (χ2v) is 4.76. The van der Waals surface area contributed by atoms with Crippen molar-refractivity contribution in [2.75, 3.05) is 25.1 Å². The minimum absolute atomic E-state index is 0.699. The number of likely N-dealkylation sites (N-methyl/N-ethyl adjacent to an activating group) is 1. The summed E-state index contributed by atoms with van der Waals surface area (Å²) in [6.45, 7) is 1.57. The van der Waals surface area contributed by atoms with Crippen LogP contribution in [0.2, 0.25) is 5.02 Å². The Kier molecular flexibility index (Phi) is 2.84. The van der Waals surface area contributed by atoms with Crippen molar-refractivity contribution in [3.63, 3.8) is 0 Å². The van der Waals surface area contributed by atoms with Gasteiger partial charge in [-0.15, -0.1) is 0 Å². The van der Waals surface area contributed by atoms with Crippen molar-refractivity contribution < 1.29 is 4.74 Å². The van der Waals surface area contributed by atoms with Crippen molar-refractivity contribution in [1.82, 2.24) is 4.98 Å². The van der Waals surface area contributed by atoms with Crippen molar-refractivity contribution in [3.8, 4) is 16.9 Å². The molecule has 2 aromatic rings. The summed E-state index contributed by atoms with van der Waals surface area (Å²) in [5.41, 5.74) is 2.07. The maximum atomic E-state index is 6.00. The molecule has 0 atom stereocenters. The zero-order valence-corrected chi connectivity index (χ0v) is 10.8. The number of anilines is 1. The highest BCUT2D eigenvalue weighted by atomic mass is 35.5. The molecule has 0 saturated heterocycles. The van der Waals surface area contributed by atoms with Gasteiger partial charge in [-0.2, -0.15) is 0 Å². The summed E-state index contributed by atoms with van der Waals surface area (Å²) in [5, 5.41) is 0.725. The van der Waals surface area contributed by atoms with Gasteiger partial charge in [0.15, 0.2) is 11.6 Å². The Morgan fingerprint density at radius 2 is 2.17 bits per heavy atom. The number of ether oxygens (including phenoxy) is 1. The number of rotatable bonds is 1.